The van der Waals surface area contributed by atoms with Gasteiger partial charge < -0.3 is 10.2 Å². The van der Waals surface area contributed by atoms with Gasteiger partial charge in [0.2, 0.25) is 0 Å². The van der Waals surface area contributed by atoms with E-state index in [1.807, 2.05) is 6.92 Å². The fraction of sp³-hybridized carbons (Fsp3) is 0.833. The first-order valence-corrected chi connectivity index (χ1v) is 3.04. The van der Waals surface area contributed by atoms with Crippen molar-refractivity contribution in [3.63, 3.8) is 0 Å². The molecule has 0 spiro atoms. The summed E-state index contributed by atoms with van der Waals surface area (Å²) in [6, 6.07) is 0. The van der Waals surface area contributed by atoms with Gasteiger partial charge in [-0.15, -0.1) is 0 Å². The van der Waals surface area contributed by atoms with Crippen LogP contribution in [0, 0.1) is 11.8 Å². The Morgan fingerprint density at radius 2 is 2.22 bits per heavy atom. The summed E-state index contributed by atoms with van der Waals surface area (Å²) in [5, 5.41) is 17.3. The predicted molar refractivity (Wildman–Crippen MR) is 30.9 cm³/mol. The molecule has 0 amide bonds. The number of aliphatic hydroxyl groups is 1. The Morgan fingerprint density at radius 3 is 2.33 bits per heavy atom. The number of rotatable bonds is 1. The van der Waals surface area contributed by atoms with Gasteiger partial charge in [-0.05, 0) is 12.3 Å². The highest BCUT2D eigenvalue weighted by molar-refractivity contribution is 5.72. The van der Waals surface area contributed by atoms with Crippen molar-refractivity contribution in [2.75, 3.05) is 0 Å². The number of hydrogen-bond acceptors (Lipinski definition) is 2. The molecule has 0 unspecified atom stereocenters. The highest BCUT2D eigenvalue weighted by atomic mass is 16.4. The van der Waals surface area contributed by atoms with Crippen molar-refractivity contribution in [2.45, 2.75) is 19.4 Å². The molecule has 2 N–H and O–H groups in total. The van der Waals surface area contributed by atoms with Crippen LogP contribution in [0.5, 0.6) is 0 Å². The number of aliphatic carboxylic acids is 1. The van der Waals surface area contributed by atoms with Crippen LogP contribution in [0.4, 0.5) is 0 Å². The summed E-state index contributed by atoms with van der Waals surface area (Å²) in [4.78, 5) is 10.2. The molecule has 52 valence electrons. The average molecular weight is 130 g/mol. The van der Waals surface area contributed by atoms with Crippen molar-refractivity contribution >= 4 is 5.97 Å². The minimum absolute atomic E-state index is 0.150. The van der Waals surface area contributed by atoms with Crippen LogP contribution in [0.15, 0.2) is 0 Å². The molecule has 0 aromatic carbocycles. The molecule has 0 aromatic heterocycles. The van der Waals surface area contributed by atoms with Gasteiger partial charge in [0, 0.05) is 0 Å². The van der Waals surface area contributed by atoms with E-state index < -0.39 is 18.0 Å². The molecule has 0 aliphatic heterocycles. The molecular formula is C6H10O3. The Labute approximate surface area is 53.3 Å². The topological polar surface area (TPSA) is 57.5 Å². The lowest BCUT2D eigenvalue weighted by Gasteiger charge is -2.35. The van der Waals surface area contributed by atoms with E-state index in [1.54, 1.807) is 0 Å². The van der Waals surface area contributed by atoms with Crippen LogP contribution in [0.25, 0.3) is 0 Å². The first-order chi connectivity index (χ1) is 4.13. The molecular weight excluding hydrogens is 120 g/mol. The average Bonchev–Trinajstić information content (AvgIpc) is 1.62. The van der Waals surface area contributed by atoms with E-state index in [0.717, 1.165) is 0 Å². The second-order valence-corrected chi connectivity index (χ2v) is 2.64. The Morgan fingerprint density at radius 1 is 1.67 bits per heavy atom. The van der Waals surface area contributed by atoms with Gasteiger partial charge in [-0.2, -0.15) is 0 Å². The van der Waals surface area contributed by atoms with Gasteiger partial charge in [0.25, 0.3) is 0 Å². The van der Waals surface area contributed by atoms with Crippen LogP contribution in [-0.4, -0.2) is 22.3 Å². The summed E-state index contributed by atoms with van der Waals surface area (Å²) in [7, 11) is 0. The summed E-state index contributed by atoms with van der Waals surface area (Å²) in [5.74, 6) is -1.23. The van der Waals surface area contributed by atoms with E-state index in [-0.39, 0.29) is 5.92 Å². The first-order valence-electron chi connectivity index (χ1n) is 3.04. The molecule has 0 bridgehead atoms. The van der Waals surface area contributed by atoms with Crippen LogP contribution < -0.4 is 0 Å². The highest BCUT2D eigenvalue weighted by Gasteiger charge is 2.41. The molecule has 1 rings (SSSR count). The maximum Gasteiger partial charge on any atom is 0.309 e. The maximum absolute atomic E-state index is 10.2. The molecule has 1 fully saturated rings. The summed E-state index contributed by atoms with van der Waals surface area (Å²) >= 11 is 0. The molecule has 0 radical (unpaired) electrons. The van der Waals surface area contributed by atoms with Gasteiger partial charge in [-0.1, -0.05) is 6.92 Å². The molecule has 3 heteroatoms. The lowest BCUT2D eigenvalue weighted by molar-refractivity contribution is -0.157. The van der Waals surface area contributed by atoms with Crippen LogP contribution in [0.3, 0.4) is 0 Å². The van der Waals surface area contributed by atoms with Crippen molar-refractivity contribution in [2.24, 2.45) is 11.8 Å². The van der Waals surface area contributed by atoms with E-state index in [1.165, 1.54) is 0 Å². The van der Waals surface area contributed by atoms with Gasteiger partial charge in [0.1, 0.15) is 0 Å². The van der Waals surface area contributed by atoms with Gasteiger partial charge in [0.05, 0.1) is 12.0 Å². The second-order valence-electron chi connectivity index (χ2n) is 2.64. The number of carboxylic acid groups (broad SMARTS) is 1. The molecule has 0 saturated heterocycles. The summed E-state index contributed by atoms with van der Waals surface area (Å²) in [6.07, 6.45) is 0.0363. The summed E-state index contributed by atoms with van der Waals surface area (Å²) < 4.78 is 0. The van der Waals surface area contributed by atoms with Crippen molar-refractivity contribution in [3.05, 3.63) is 0 Å². The van der Waals surface area contributed by atoms with Crippen LogP contribution in [0.1, 0.15) is 13.3 Å². The van der Waals surface area contributed by atoms with Gasteiger partial charge in [-0.25, -0.2) is 0 Å². The van der Waals surface area contributed by atoms with E-state index in [9.17, 15) is 4.79 Å². The van der Waals surface area contributed by atoms with Gasteiger partial charge in [0.15, 0.2) is 0 Å². The number of aliphatic hydroxyl groups excluding tert-OH is 1. The quantitative estimate of drug-likeness (QED) is 0.528. The Bertz CT molecular complexity index is 124. The molecule has 0 heterocycles. The Hall–Kier alpha value is -0.570. The maximum atomic E-state index is 10.2. The summed E-state index contributed by atoms with van der Waals surface area (Å²) in [6.45, 7) is 1.84. The minimum atomic E-state index is -0.874. The third-order valence-electron chi connectivity index (χ3n) is 1.93. The lowest BCUT2D eigenvalue weighted by Crippen LogP contribution is -2.44. The molecule has 0 aromatic rings. The Kier molecular flexibility index (Phi) is 1.45. The Balaban J connectivity index is 2.49. The molecule has 1 saturated carbocycles. The van der Waals surface area contributed by atoms with Gasteiger partial charge >= 0.3 is 5.97 Å². The highest BCUT2D eigenvalue weighted by Crippen LogP contribution is 2.33. The van der Waals surface area contributed by atoms with E-state index >= 15 is 0 Å². The molecule has 1 aliphatic rings. The number of carboxylic acids is 1. The zero-order chi connectivity index (χ0) is 7.02. The third kappa shape index (κ3) is 0.920. The van der Waals surface area contributed by atoms with Crippen molar-refractivity contribution in [3.8, 4) is 0 Å². The van der Waals surface area contributed by atoms with Crippen molar-refractivity contribution in [1.29, 1.82) is 0 Å². The molecule has 3 atom stereocenters. The van der Waals surface area contributed by atoms with Crippen LogP contribution in [-0.2, 0) is 4.79 Å². The monoisotopic (exact) mass is 130 g/mol. The third-order valence-corrected chi connectivity index (χ3v) is 1.93. The van der Waals surface area contributed by atoms with E-state index in [4.69, 9.17) is 10.2 Å². The summed E-state index contributed by atoms with van der Waals surface area (Å²) in [5.41, 5.74) is 0. The number of hydrogen-bond donors (Lipinski definition) is 2. The standard InChI is InChI=1S/C6H10O3/c1-3-2-4(7)5(3)6(8)9/h3-5,7H,2H2,1H3,(H,8,9)/t3-,4+,5-/m0/s1. The molecule has 3 nitrogen and oxygen atoms in total. The normalized spacial score (nSPS) is 41.8. The fourth-order valence-electron chi connectivity index (χ4n) is 1.27. The molecule has 1 aliphatic carbocycles. The van der Waals surface area contributed by atoms with E-state index in [2.05, 4.69) is 0 Å². The fourth-order valence-corrected chi connectivity index (χ4v) is 1.27. The minimum Gasteiger partial charge on any atom is -0.481 e. The predicted octanol–water partition coefficient (Wildman–Crippen LogP) is 0.0879. The smallest absolute Gasteiger partial charge is 0.309 e. The van der Waals surface area contributed by atoms with Gasteiger partial charge in [-0.3, -0.25) is 4.79 Å². The van der Waals surface area contributed by atoms with E-state index in [0.29, 0.717) is 6.42 Å². The lowest BCUT2D eigenvalue weighted by atomic mass is 9.72. The van der Waals surface area contributed by atoms with Crippen LogP contribution in [0.2, 0.25) is 0 Å². The zero-order valence-corrected chi connectivity index (χ0v) is 5.24. The SMILES string of the molecule is C[C@H]1C[C@@H](O)[C@H]1C(=O)O. The molecule has 9 heavy (non-hydrogen) atoms. The van der Waals surface area contributed by atoms with Crippen LogP contribution >= 0.6 is 0 Å². The second kappa shape index (κ2) is 1.99. The first kappa shape index (κ1) is 6.55. The largest absolute Gasteiger partial charge is 0.481 e. The van der Waals surface area contributed by atoms with Crippen molar-refractivity contribution in [1.82, 2.24) is 0 Å². The number of carbonyl (C=O) groups is 1. The van der Waals surface area contributed by atoms with Crippen molar-refractivity contribution < 1.29 is 15.0 Å². The zero-order valence-electron chi connectivity index (χ0n) is 5.24.